The minimum Gasteiger partial charge on any atom is -0.494 e. The summed E-state index contributed by atoms with van der Waals surface area (Å²) in [5.74, 6) is -1.85. The number of aliphatic carboxylic acids is 2. The van der Waals surface area contributed by atoms with Gasteiger partial charge in [-0.05, 0) is 75.4 Å². The number of benzene rings is 1. The number of hydrogen-bond donors (Lipinski definition) is 2. The molecule has 0 aromatic heterocycles. The van der Waals surface area contributed by atoms with Crippen LogP contribution in [0.4, 0.5) is 0 Å². The molecule has 1 heterocycles. The van der Waals surface area contributed by atoms with Crippen LogP contribution in [0.25, 0.3) is 0 Å². The van der Waals surface area contributed by atoms with Gasteiger partial charge in [-0.25, -0.2) is 9.59 Å². The van der Waals surface area contributed by atoms with Crippen LogP contribution in [0.5, 0.6) is 5.75 Å². The molecule has 1 aliphatic heterocycles. The average molecular weight is 386 g/mol. The van der Waals surface area contributed by atoms with Gasteiger partial charge in [-0.3, -0.25) is 0 Å². The molecular formula is C19H28ClNO5. The number of piperidine rings is 1. The summed E-state index contributed by atoms with van der Waals surface area (Å²) in [7, 11) is 0. The number of nitrogens with zero attached hydrogens (tertiary/aromatic N) is 1. The Morgan fingerprint density at radius 1 is 1.15 bits per heavy atom. The van der Waals surface area contributed by atoms with Crippen molar-refractivity contribution in [1.82, 2.24) is 4.90 Å². The Hall–Kier alpha value is -1.79. The molecule has 0 spiro atoms. The van der Waals surface area contributed by atoms with Gasteiger partial charge in [0.15, 0.2) is 0 Å². The van der Waals surface area contributed by atoms with Crippen molar-refractivity contribution in [2.75, 3.05) is 26.2 Å². The van der Waals surface area contributed by atoms with E-state index >= 15 is 0 Å². The second-order valence-electron chi connectivity index (χ2n) is 6.52. The second kappa shape index (κ2) is 12.5. The van der Waals surface area contributed by atoms with Crippen LogP contribution in [0.1, 0.15) is 39.0 Å². The monoisotopic (exact) mass is 385 g/mol. The Balaban J connectivity index is 0.000000487. The normalized spacial score (nSPS) is 17.1. The molecule has 0 amide bonds. The van der Waals surface area contributed by atoms with Gasteiger partial charge in [-0.2, -0.15) is 0 Å². The van der Waals surface area contributed by atoms with Crippen molar-refractivity contribution in [3.8, 4) is 5.75 Å². The van der Waals surface area contributed by atoms with Crippen LogP contribution in [-0.4, -0.2) is 53.3 Å². The zero-order valence-electron chi connectivity index (χ0n) is 15.2. The van der Waals surface area contributed by atoms with Crippen LogP contribution in [0.3, 0.4) is 0 Å². The fourth-order valence-corrected chi connectivity index (χ4v) is 2.95. The fraction of sp³-hybridized carbons (Fsp3) is 0.579. The molecule has 26 heavy (non-hydrogen) atoms. The molecule has 1 aromatic rings. The molecule has 0 bridgehead atoms. The maximum absolute atomic E-state index is 9.10. The third-order valence-corrected chi connectivity index (χ3v) is 4.38. The van der Waals surface area contributed by atoms with Gasteiger partial charge >= 0.3 is 11.9 Å². The van der Waals surface area contributed by atoms with Crippen molar-refractivity contribution in [1.29, 1.82) is 0 Å². The SMILES string of the molecule is CC1CCCN(CCCCCOc2ccc(Cl)cc2)C1.O=C(O)C(=O)O. The minimum atomic E-state index is -1.82. The molecule has 0 saturated carbocycles. The molecule has 6 nitrogen and oxygen atoms in total. The highest BCUT2D eigenvalue weighted by Gasteiger charge is 2.15. The van der Waals surface area contributed by atoms with E-state index in [-0.39, 0.29) is 0 Å². The number of carboxylic acid groups (broad SMARTS) is 2. The summed E-state index contributed by atoms with van der Waals surface area (Å²) >= 11 is 5.84. The largest absolute Gasteiger partial charge is 0.494 e. The van der Waals surface area contributed by atoms with Gasteiger partial charge in [0.05, 0.1) is 6.61 Å². The second-order valence-corrected chi connectivity index (χ2v) is 6.96. The first kappa shape index (κ1) is 22.3. The van der Waals surface area contributed by atoms with Gasteiger partial charge in [0.1, 0.15) is 5.75 Å². The van der Waals surface area contributed by atoms with E-state index < -0.39 is 11.9 Å². The Kier molecular flexibility index (Phi) is 10.7. The number of ether oxygens (including phenoxy) is 1. The van der Waals surface area contributed by atoms with Crippen molar-refractivity contribution >= 4 is 23.5 Å². The number of carbonyl (C=O) groups is 2. The van der Waals surface area contributed by atoms with Gasteiger partial charge in [0.25, 0.3) is 0 Å². The zero-order chi connectivity index (χ0) is 19.4. The lowest BCUT2D eigenvalue weighted by molar-refractivity contribution is -0.159. The first-order valence-corrected chi connectivity index (χ1v) is 9.33. The number of halogens is 1. The van der Waals surface area contributed by atoms with Crippen LogP contribution < -0.4 is 4.74 Å². The van der Waals surface area contributed by atoms with Gasteiger partial charge < -0.3 is 19.8 Å². The predicted octanol–water partition coefficient (Wildman–Crippen LogP) is 3.78. The minimum absolute atomic E-state index is 0.758. The third-order valence-electron chi connectivity index (χ3n) is 4.13. The molecule has 146 valence electrons. The summed E-state index contributed by atoms with van der Waals surface area (Å²) in [4.78, 5) is 20.8. The Bertz CT molecular complexity index is 537. The van der Waals surface area contributed by atoms with Crippen LogP contribution in [0.15, 0.2) is 24.3 Å². The summed E-state index contributed by atoms with van der Waals surface area (Å²) in [6.45, 7) is 7.02. The van der Waals surface area contributed by atoms with Gasteiger partial charge in [-0.15, -0.1) is 0 Å². The van der Waals surface area contributed by atoms with E-state index in [1.54, 1.807) is 0 Å². The van der Waals surface area contributed by atoms with E-state index in [2.05, 4.69) is 11.8 Å². The number of carboxylic acids is 2. The highest BCUT2D eigenvalue weighted by molar-refractivity contribution is 6.30. The van der Waals surface area contributed by atoms with Crippen molar-refractivity contribution in [3.05, 3.63) is 29.3 Å². The molecule has 1 aromatic carbocycles. The number of hydrogen-bond acceptors (Lipinski definition) is 4. The Labute approximate surface area is 159 Å². The van der Waals surface area contributed by atoms with E-state index in [0.29, 0.717) is 0 Å². The van der Waals surface area contributed by atoms with Crippen LogP contribution >= 0.6 is 11.6 Å². The highest BCUT2D eigenvalue weighted by atomic mass is 35.5. The van der Waals surface area contributed by atoms with Gasteiger partial charge in [-0.1, -0.05) is 18.5 Å². The van der Waals surface area contributed by atoms with E-state index in [1.165, 1.54) is 45.3 Å². The van der Waals surface area contributed by atoms with Crippen molar-refractivity contribution in [2.24, 2.45) is 5.92 Å². The lowest BCUT2D eigenvalue weighted by atomic mass is 10.00. The molecular weight excluding hydrogens is 358 g/mol. The van der Waals surface area contributed by atoms with Crippen LogP contribution in [0.2, 0.25) is 5.02 Å². The lowest BCUT2D eigenvalue weighted by Crippen LogP contribution is -2.34. The average Bonchev–Trinajstić information content (AvgIpc) is 2.60. The summed E-state index contributed by atoms with van der Waals surface area (Å²) < 4.78 is 5.70. The Morgan fingerprint density at radius 3 is 2.38 bits per heavy atom. The van der Waals surface area contributed by atoms with Gasteiger partial charge in [0, 0.05) is 11.6 Å². The summed E-state index contributed by atoms with van der Waals surface area (Å²) in [6, 6.07) is 7.59. The van der Waals surface area contributed by atoms with Crippen molar-refractivity contribution in [3.63, 3.8) is 0 Å². The molecule has 0 radical (unpaired) electrons. The summed E-state index contributed by atoms with van der Waals surface area (Å²) in [5, 5.41) is 15.5. The van der Waals surface area contributed by atoms with E-state index in [4.69, 9.17) is 36.1 Å². The van der Waals surface area contributed by atoms with Crippen molar-refractivity contribution < 1.29 is 24.5 Å². The molecule has 1 saturated heterocycles. The molecule has 1 unspecified atom stereocenters. The molecule has 0 aliphatic carbocycles. The first-order chi connectivity index (χ1) is 12.4. The molecule has 1 aliphatic rings. The highest BCUT2D eigenvalue weighted by Crippen LogP contribution is 2.17. The zero-order valence-corrected chi connectivity index (χ0v) is 16.0. The lowest BCUT2D eigenvalue weighted by Gasteiger charge is -2.30. The van der Waals surface area contributed by atoms with Crippen molar-refractivity contribution in [2.45, 2.75) is 39.0 Å². The Morgan fingerprint density at radius 2 is 1.81 bits per heavy atom. The van der Waals surface area contributed by atoms with Crippen LogP contribution in [-0.2, 0) is 9.59 Å². The number of rotatable bonds is 7. The standard InChI is InChI=1S/C17H26ClNO.C2H2O4/c1-15-6-5-12-19(14-15)11-3-2-4-13-20-17-9-7-16(18)8-10-17;3-1(4)2(5)6/h7-10,15H,2-6,11-14H2,1H3;(H,3,4)(H,5,6). The maximum atomic E-state index is 9.10. The quantitative estimate of drug-likeness (QED) is 0.548. The fourth-order valence-electron chi connectivity index (χ4n) is 2.82. The maximum Gasteiger partial charge on any atom is 0.414 e. The number of likely N-dealkylation sites (tertiary alicyclic amines) is 1. The smallest absolute Gasteiger partial charge is 0.414 e. The molecule has 2 N–H and O–H groups in total. The third kappa shape index (κ3) is 10.3. The summed E-state index contributed by atoms with van der Waals surface area (Å²) in [6.07, 6.45) is 6.45. The van der Waals surface area contributed by atoms with Crippen LogP contribution in [0, 0.1) is 5.92 Å². The topological polar surface area (TPSA) is 87.1 Å². The van der Waals surface area contributed by atoms with E-state index in [1.807, 2.05) is 24.3 Å². The number of unbranched alkanes of at least 4 members (excludes halogenated alkanes) is 2. The van der Waals surface area contributed by atoms with E-state index in [0.717, 1.165) is 29.7 Å². The molecule has 7 heteroatoms. The summed E-state index contributed by atoms with van der Waals surface area (Å²) in [5.41, 5.74) is 0. The van der Waals surface area contributed by atoms with Gasteiger partial charge in [0.2, 0.25) is 0 Å². The molecule has 2 rings (SSSR count). The predicted molar refractivity (Wildman–Crippen MR) is 101 cm³/mol. The molecule has 1 atom stereocenters. The first-order valence-electron chi connectivity index (χ1n) is 8.95. The molecule has 1 fully saturated rings. The van der Waals surface area contributed by atoms with E-state index in [9.17, 15) is 0 Å².